The van der Waals surface area contributed by atoms with Crippen molar-refractivity contribution in [2.75, 3.05) is 7.11 Å². The maximum atomic E-state index is 10.1. The summed E-state index contributed by atoms with van der Waals surface area (Å²) in [6.45, 7) is 0. The topological polar surface area (TPSA) is 29.5 Å². The maximum Gasteiger partial charge on any atom is 0.127 e. The second-order valence-corrected chi connectivity index (χ2v) is 4.60. The molecule has 17 heavy (non-hydrogen) atoms. The third kappa shape index (κ3) is 1.60. The standard InChI is InChI=1S/C15H16O2/c1-17-15-9-13-11(7-4-8-14(13)16)10-5-2-3-6-12(10)15/h2-3,5-6,9,14,16H,4,7-8H2,1H3/t14-/m0/s1. The summed E-state index contributed by atoms with van der Waals surface area (Å²) in [5, 5.41) is 12.4. The van der Waals surface area contributed by atoms with Crippen molar-refractivity contribution in [3.63, 3.8) is 0 Å². The Balaban J connectivity index is 2.36. The van der Waals surface area contributed by atoms with E-state index in [1.165, 1.54) is 10.9 Å². The van der Waals surface area contributed by atoms with Gasteiger partial charge in [0.15, 0.2) is 0 Å². The summed E-state index contributed by atoms with van der Waals surface area (Å²) >= 11 is 0. The summed E-state index contributed by atoms with van der Waals surface area (Å²) < 4.78 is 5.43. The van der Waals surface area contributed by atoms with Crippen LogP contribution in [-0.4, -0.2) is 12.2 Å². The van der Waals surface area contributed by atoms with E-state index in [1.807, 2.05) is 18.2 Å². The van der Waals surface area contributed by atoms with Crippen molar-refractivity contribution in [2.24, 2.45) is 0 Å². The number of hydrogen-bond donors (Lipinski definition) is 1. The van der Waals surface area contributed by atoms with Gasteiger partial charge in [0.2, 0.25) is 0 Å². The fraction of sp³-hybridized carbons (Fsp3) is 0.333. The molecule has 1 aliphatic rings. The minimum Gasteiger partial charge on any atom is -0.496 e. The first-order valence-electron chi connectivity index (χ1n) is 6.08. The van der Waals surface area contributed by atoms with Crippen LogP contribution in [0.25, 0.3) is 10.8 Å². The number of aryl methyl sites for hydroxylation is 1. The average molecular weight is 228 g/mol. The van der Waals surface area contributed by atoms with Crippen LogP contribution in [0.2, 0.25) is 0 Å². The normalized spacial score (nSPS) is 19.1. The summed E-state index contributed by atoms with van der Waals surface area (Å²) in [6.07, 6.45) is 2.63. The van der Waals surface area contributed by atoms with Crippen LogP contribution in [0.3, 0.4) is 0 Å². The van der Waals surface area contributed by atoms with Gasteiger partial charge in [0.25, 0.3) is 0 Å². The van der Waals surface area contributed by atoms with Gasteiger partial charge in [0.1, 0.15) is 5.75 Å². The Bertz CT molecular complexity index is 560. The third-order valence-electron chi connectivity index (χ3n) is 3.64. The molecule has 3 rings (SSSR count). The Morgan fingerprint density at radius 1 is 1.24 bits per heavy atom. The van der Waals surface area contributed by atoms with Gasteiger partial charge in [-0.2, -0.15) is 0 Å². The van der Waals surface area contributed by atoms with Crippen molar-refractivity contribution in [1.82, 2.24) is 0 Å². The first-order chi connectivity index (χ1) is 8.31. The zero-order valence-corrected chi connectivity index (χ0v) is 9.94. The van der Waals surface area contributed by atoms with E-state index in [0.717, 1.165) is 36.0 Å². The SMILES string of the molecule is COc1cc2c(c3ccccc13)CCC[C@@H]2O. The maximum absolute atomic E-state index is 10.1. The highest BCUT2D eigenvalue weighted by molar-refractivity contribution is 5.92. The van der Waals surface area contributed by atoms with Crippen molar-refractivity contribution >= 4 is 10.8 Å². The molecule has 0 amide bonds. The number of ether oxygens (including phenoxy) is 1. The van der Waals surface area contributed by atoms with Gasteiger partial charge < -0.3 is 9.84 Å². The lowest BCUT2D eigenvalue weighted by atomic mass is 9.85. The van der Waals surface area contributed by atoms with Crippen molar-refractivity contribution < 1.29 is 9.84 Å². The molecule has 1 N–H and O–H groups in total. The van der Waals surface area contributed by atoms with Crippen LogP contribution in [0.5, 0.6) is 5.75 Å². The van der Waals surface area contributed by atoms with E-state index in [0.29, 0.717) is 0 Å². The molecule has 0 fully saturated rings. The van der Waals surface area contributed by atoms with Crippen LogP contribution in [0.1, 0.15) is 30.1 Å². The van der Waals surface area contributed by atoms with Crippen LogP contribution in [0.4, 0.5) is 0 Å². The number of aliphatic hydroxyl groups is 1. The van der Waals surface area contributed by atoms with Gasteiger partial charge in [0, 0.05) is 5.39 Å². The summed E-state index contributed by atoms with van der Waals surface area (Å²) in [7, 11) is 1.68. The van der Waals surface area contributed by atoms with E-state index in [9.17, 15) is 5.11 Å². The molecule has 0 radical (unpaired) electrons. The molecule has 1 atom stereocenters. The Hall–Kier alpha value is -1.54. The van der Waals surface area contributed by atoms with E-state index in [-0.39, 0.29) is 6.10 Å². The molecular formula is C15H16O2. The highest BCUT2D eigenvalue weighted by Gasteiger charge is 2.21. The van der Waals surface area contributed by atoms with E-state index in [1.54, 1.807) is 7.11 Å². The monoisotopic (exact) mass is 228 g/mol. The predicted octanol–water partition coefficient (Wildman–Crippen LogP) is 3.22. The van der Waals surface area contributed by atoms with Gasteiger partial charge >= 0.3 is 0 Å². The van der Waals surface area contributed by atoms with Crippen molar-refractivity contribution in [2.45, 2.75) is 25.4 Å². The molecule has 0 spiro atoms. The Morgan fingerprint density at radius 3 is 2.76 bits per heavy atom. The number of methoxy groups -OCH3 is 1. The average Bonchev–Trinajstić information content (AvgIpc) is 2.38. The van der Waals surface area contributed by atoms with Crippen molar-refractivity contribution in [3.8, 4) is 5.75 Å². The van der Waals surface area contributed by atoms with Gasteiger partial charge in [0.05, 0.1) is 13.2 Å². The van der Waals surface area contributed by atoms with E-state index in [2.05, 4.69) is 12.1 Å². The number of benzene rings is 2. The minimum absolute atomic E-state index is 0.336. The van der Waals surface area contributed by atoms with E-state index in [4.69, 9.17) is 4.74 Å². The summed E-state index contributed by atoms with van der Waals surface area (Å²) in [5.74, 6) is 0.861. The molecule has 0 unspecified atom stereocenters. The Labute approximate surface area is 101 Å². The van der Waals surface area contributed by atoms with E-state index >= 15 is 0 Å². The van der Waals surface area contributed by atoms with Crippen LogP contribution < -0.4 is 4.74 Å². The van der Waals surface area contributed by atoms with Gasteiger partial charge in [-0.3, -0.25) is 0 Å². The second kappa shape index (κ2) is 4.04. The van der Waals surface area contributed by atoms with Crippen molar-refractivity contribution in [3.05, 3.63) is 41.5 Å². The minimum atomic E-state index is -0.336. The first-order valence-corrected chi connectivity index (χ1v) is 6.08. The highest BCUT2D eigenvalue weighted by Crippen LogP contribution is 2.39. The largest absolute Gasteiger partial charge is 0.496 e. The lowest BCUT2D eigenvalue weighted by Crippen LogP contribution is -2.10. The molecule has 0 saturated carbocycles. The second-order valence-electron chi connectivity index (χ2n) is 4.60. The van der Waals surface area contributed by atoms with E-state index < -0.39 is 0 Å². The highest BCUT2D eigenvalue weighted by atomic mass is 16.5. The van der Waals surface area contributed by atoms with Crippen LogP contribution >= 0.6 is 0 Å². The summed E-state index contributed by atoms with van der Waals surface area (Å²) in [4.78, 5) is 0. The molecule has 0 bridgehead atoms. The van der Waals surface area contributed by atoms with Gasteiger partial charge in [-0.15, -0.1) is 0 Å². The molecule has 2 aromatic rings. The predicted molar refractivity (Wildman–Crippen MR) is 68.4 cm³/mol. The number of aliphatic hydroxyl groups excluding tert-OH is 1. The smallest absolute Gasteiger partial charge is 0.127 e. The number of rotatable bonds is 1. The molecule has 0 aliphatic heterocycles. The fourth-order valence-corrected chi connectivity index (χ4v) is 2.80. The summed E-state index contributed by atoms with van der Waals surface area (Å²) in [5.41, 5.74) is 2.34. The molecule has 2 nitrogen and oxygen atoms in total. The lowest BCUT2D eigenvalue weighted by Gasteiger charge is -2.24. The molecule has 88 valence electrons. The third-order valence-corrected chi connectivity index (χ3v) is 3.64. The molecule has 2 aromatic carbocycles. The van der Waals surface area contributed by atoms with Crippen LogP contribution in [0.15, 0.2) is 30.3 Å². The fourth-order valence-electron chi connectivity index (χ4n) is 2.80. The first kappa shape index (κ1) is 10.6. The lowest BCUT2D eigenvalue weighted by molar-refractivity contribution is 0.156. The number of fused-ring (bicyclic) bond motifs is 3. The van der Waals surface area contributed by atoms with Gasteiger partial charge in [-0.05, 0) is 41.8 Å². The molecule has 0 aromatic heterocycles. The van der Waals surface area contributed by atoms with Crippen molar-refractivity contribution in [1.29, 1.82) is 0 Å². The van der Waals surface area contributed by atoms with Gasteiger partial charge in [-0.25, -0.2) is 0 Å². The quantitative estimate of drug-likeness (QED) is 0.812. The molecule has 1 aliphatic carbocycles. The molecule has 0 heterocycles. The zero-order chi connectivity index (χ0) is 11.8. The number of hydrogen-bond acceptors (Lipinski definition) is 2. The summed E-state index contributed by atoms with van der Waals surface area (Å²) in [6, 6.07) is 10.3. The Kier molecular flexibility index (Phi) is 2.52. The molecule has 0 saturated heterocycles. The molecule has 2 heteroatoms. The van der Waals surface area contributed by atoms with Crippen LogP contribution in [-0.2, 0) is 6.42 Å². The molecular weight excluding hydrogens is 212 g/mol. The van der Waals surface area contributed by atoms with Gasteiger partial charge in [-0.1, -0.05) is 24.3 Å². The zero-order valence-electron chi connectivity index (χ0n) is 9.94. The Morgan fingerprint density at radius 2 is 2.00 bits per heavy atom. The van der Waals surface area contributed by atoms with Crippen LogP contribution in [0, 0.1) is 0 Å².